The third kappa shape index (κ3) is 4.43. The maximum absolute atomic E-state index is 13.2. The lowest BCUT2D eigenvalue weighted by Gasteiger charge is -2.27. The van der Waals surface area contributed by atoms with Gasteiger partial charge in [0.25, 0.3) is 11.8 Å². The van der Waals surface area contributed by atoms with Gasteiger partial charge in [-0.3, -0.25) is 19.3 Å². The summed E-state index contributed by atoms with van der Waals surface area (Å²) in [7, 11) is 3.03. The molecule has 7 heteroatoms. The zero-order valence-electron chi connectivity index (χ0n) is 18.4. The maximum atomic E-state index is 13.2. The van der Waals surface area contributed by atoms with Gasteiger partial charge in [-0.1, -0.05) is 48.5 Å². The van der Waals surface area contributed by atoms with Crippen molar-refractivity contribution in [1.82, 2.24) is 10.2 Å². The summed E-state index contributed by atoms with van der Waals surface area (Å²) in [6.45, 7) is 0.348. The van der Waals surface area contributed by atoms with Crippen molar-refractivity contribution in [3.05, 3.63) is 95.1 Å². The number of fused-ring (bicyclic) bond motifs is 1. The predicted molar refractivity (Wildman–Crippen MR) is 122 cm³/mol. The Morgan fingerprint density at radius 3 is 2.06 bits per heavy atom. The number of ether oxygens (including phenoxy) is 2. The van der Waals surface area contributed by atoms with E-state index in [4.69, 9.17) is 9.47 Å². The molecule has 0 fully saturated rings. The summed E-state index contributed by atoms with van der Waals surface area (Å²) in [6, 6.07) is 20.5. The van der Waals surface area contributed by atoms with Crippen molar-refractivity contribution >= 4 is 17.7 Å². The van der Waals surface area contributed by atoms with Crippen molar-refractivity contribution in [3.8, 4) is 11.5 Å². The van der Waals surface area contributed by atoms with Crippen LogP contribution in [0.15, 0.2) is 72.8 Å². The Balaban J connectivity index is 1.65. The minimum absolute atomic E-state index is 0.0895. The van der Waals surface area contributed by atoms with Gasteiger partial charge in [0.2, 0.25) is 5.91 Å². The molecule has 1 unspecified atom stereocenters. The van der Waals surface area contributed by atoms with Gasteiger partial charge < -0.3 is 14.8 Å². The zero-order chi connectivity index (χ0) is 23.4. The molecular weight excluding hydrogens is 420 g/mol. The molecule has 7 nitrogen and oxygen atoms in total. The molecule has 0 saturated heterocycles. The topological polar surface area (TPSA) is 84.9 Å². The molecule has 1 heterocycles. The number of carbonyl (C=O) groups excluding carboxylic acids is 3. The van der Waals surface area contributed by atoms with E-state index in [2.05, 4.69) is 5.32 Å². The Hall–Kier alpha value is -4.13. The van der Waals surface area contributed by atoms with E-state index in [0.717, 1.165) is 10.5 Å². The average Bonchev–Trinajstić information content (AvgIpc) is 3.11. The van der Waals surface area contributed by atoms with E-state index in [9.17, 15) is 14.4 Å². The van der Waals surface area contributed by atoms with Gasteiger partial charge in [0.15, 0.2) is 11.5 Å². The first-order valence-electron chi connectivity index (χ1n) is 10.5. The van der Waals surface area contributed by atoms with E-state index in [1.807, 2.05) is 30.3 Å². The molecule has 0 aromatic heterocycles. The third-order valence-corrected chi connectivity index (χ3v) is 5.64. The van der Waals surface area contributed by atoms with Crippen LogP contribution in [0.4, 0.5) is 0 Å². The molecule has 0 saturated carbocycles. The van der Waals surface area contributed by atoms with E-state index in [-0.39, 0.29) is 12.3 Å². The van der Waals surface area contributed by atoms with Crippen molar-refractivity contribution in [2.75, 3.05) is 14.2 Å². The number of benzene rings is 3. The predicted octanol–water partition coefficient (Wildman–Crippen LogP) is 3.75. The van der Waals surface area contributed by atoms with E-state index < -0.39 is 17.9 Å². The molecule has 1 aliphatic heterocycles. The largest absolute Gasteiger partial charge is 0.493 e. The molecule has 1 N–H and O–H groups in total. The summed E-state index contributed by atoms with van der Waals surface area (Å²) in [5.41, 5.74) is 2.21. The standard InChI is InChI=1S/C26H24N2O5/c1-32-22-13-12-18(14-23(22)33-2)21(15-24(29)27-16-17-8-4-3-5-9-17)28-25(30)19-10-6-7-11-20(19)26(28)31/h3-14,21H,15-16H2,1-2H3,(H,27,29). The summed E-state index contributed by atoms with van der Waals surface area (Å²) in [5.74, 6) is -0.176. The molecular formula is C26H24N2O5. The second-order valence-corrected chi connectivity index (χ2v) is 7.62. The Bertz CT molecular complexity index is 1160. The highest BCUT2D eigenvalue weighted by Crippen LogP contribution is 2.37. The van der Waals surface area contributed by atoms with Gasteiger partial charge in [0.1, 0.15) is 0 Å². The van der Waals surface area contributed by atoms with Gasteiger partial charge in [0, 0.05) is 6.54 Å². The van der Waals surface area contributed by atoms with E-state index in [1.165, 1.54) is 14.2 Å². The monoisotopic (exact) mass is 444 g/mol. The minimum Gasteiger partial charge on any atom is -0.493 e. The molecule has 0 aliphatic carbocycles. The van der Waals surface area contributed by atoms with Crippen molar-refractivity contribution < 1.29 is 23.9 Å². The summed E-state index contributed by atoms with van der Waals surface area (Å²) in [4.78, 5) is 40.4. The molecule has 0 radical (unpaired) electrons. The highest BCUT2D eigenvalue weighted by molar-refractivity contribution is 6.21. The van der Waals surface area contributed by atoms with Crippen LogP contribution in [0.5, 0.6) is 11.5 Å². The third-order valence-electron chi connectivity index (χ3n) is 5.64. The molecule has 1 aliphatic rings. The van der Waals surface area contributed by atoms with Gasteiger partial charge >= 0.3 is 0 Å². The van der Waals surface area contributed by atoms with Crippen LogP contribution in [0.1, 0.15) is 44.3 Å². The van der Waals surface area contributed by atoms with Crippen LogP contribution in [0.2, 0.25) is 0 Å². The van der Waals surface area contributed by atoms with Crippen LogP contribution in [-0.4, -0.2) is 36.8 Å². The van der Waals surface area contributed by atoms with Gasteiger partial charge in [-0.05, 0) is 35.4 Å². The molecule has 4 rings (SSSR count). The summed E-state index contributed by atoms with van der Waals surface area (Å²) in [6.07, 6.45) is -0.0895. The quantitative estimate of drug-likeness (QED) is 0.535. The Morgan fingerprint density at radius 1 is 0.848 bits per heavy atom. The van der Waals surface area contributed by atoms with Crippen LogP contribution in [-0.2, 0) is 11.3 Å². The molecule has 168 valence electrons. The molecule has 3 aromatic rings. The lowest BCUT2D eigenvalue weighted by Crippen LogP contribution is -2.37. The average molecular weight is 444 g/mol. The molecule has 0 bridgehead atoms. The summed E-state index contributed by atoms with van der Waals surface area (Å²) < 4.78 is 10.7. The number of rotatable bonds is 8. The second kappa shape index (κ2) is 9.56. The fourth-order valence-corrected chi connectivity index (χ4v) is 3.95. The first kappa shape index (κ1) is 22.1. The molecule has 3 aromatic carbocycles. The fraction of sp³-hybridized carbons (Fsp3) is 0.192. The van der Waals surface area contributed by atoms with Crippen molar-refractivity contribution in [2.24, 2.45) is 0 Å². The molecule has 33 heavy (non-hydrogen) atoms. The molecule has 1 atom stereocenters. The van der Waals surface area contributed by atoms with Crippen LogP contribution in [0.3, 0.4) is 0 Å². The number of hydrogen-bond donors (Lipinski definition) is 1. The van der Waals surface area contributed by atoms with E-state index >= 15 is 0 Å². The minimum atomic E-state index is -0.812. The van der Waals surface area contributed by atoms with E-state index in [0.29, 0.717) is 34.7 Å². The van der Waals surface area contributed by atoms with Crippen molar-refractivity contribution in [2.45, 2.75) is 19.0 Å². The smallest absolute Gasteiger partial charge is 0.262 e. The Labute approximate surface area is 191 Å². The lowest BCUT2D eigenvalue weighted by molar-refractivity contribution is -0.122. The van der Waals surface area contributed by atoms with E-state index in [1.54, 1.807) is 42.5 Å². The fourth-order valence-electron chi connectivity index (χ4n) is 3.95. The number of methoxy groups -OCH3 is 2. The number of carbonyl (C=O) groups is 3. The van der Waals surface area contributed by atoms with Crippen LogP contribution < -0.4 is 14.8 Å². The van der Waals surface area contributed by atoms with Gasteiger partial charge in [0.05, 0.1) is 37.8 Å². The number of nitrogens with one attached hydrogen (secondary N) is 1. The van der Waals surface area contributed by atoms with Crippen LogP contribution in [0, 0.1) is 0 Å². The Morgan fingerprint density at radius 2 is 1.45 bits per heavy atom. The second-order valence-electron chi connectivity index (χ2n) is 7.62. The highest BCUT2D eigenvalue weighted by Gasteiger charge is 2.41. The number of imide groups is 1. The number of amides is 3. The SMILES string of the molecule is COc1ccc(C(CC(=O)NCc2ccccc2)N2C(=O)c3ccccc3C2=O)cc1OC. The number of hydrogen-bond acceptors (Lipinski definition) is 5. The van der Waals surface area contributed by atoms with Crippen molar-refractivity contribution in [3.63, 3.8) is 0 Å². The zero-order valence-corrected chi connectivity index (χ0v) is 18.4. The Kier molecular flexibility index (Phi) is 6.40. The number of nitrogens with zero attached hydrogens (tertiary/aromatic N) is 1. The van der Waals surface area contributed by atoms with Gasteiger partial charge in [-0.15, -0.1) is 0 Å². The lowest BCUT2D eigenvalue weighted by atomic mass is 10.0. The van der Waals surface area contributed by atoms with Gasteiger partial charge in [-0.2, -0.15) is 0 Å². The summed E-state index contributed by atoms with van der Waals surface area (Å²) >= 11 is 0. The summed E-state index contributed by atoms with van der Waals surface area (Å²) in [5, 5.41) is 2.88. The normalized spacial score (nSPS) is 13.5. The van der Waals surface area contributed by atoms with Crippen LogP contribution in [0.25, 0.3) is 0 Å². The van der Waals surface area contributed by atoms with Crippen molar-refractivity contribution in [1.29, 1.82) is 0 Å². The molecule has 0 spiro atoms. The van der Waals surface area contributed by atoms with Gasteiger partial charge in [-0.25, -0.2) is 0 Å². The molecule has 3 amide bonds. The highest BCUT2D eigenvalue weighted by atomic mass is 16.5. The maximum Gasteiger partial charge on any atom is 0.262 e. The first-order valence-corrected chi connectivity index (χ1v) is 10.5. The first-order chi connectivity index (χ1) is 16.0. The van der Waals surface area contributed by atoms with Crippen LogP contribution >= 0.6 is 0 Å².